The maximum Gasteiger partial charge on any atom is 0.118 e. The first-order valence-corrected chi connectivity index (χ1v) is 6.88. The van der Waals surface area contributed by atoms with Crippen LogP contribution in [0.15, 0.2) is 24.3 Å². The van der Waals surface area contributed by atoms with E-state index in [1.807, 2.05) is 12.1 Å². The van der Waals surface area contributed by atoms with E-state index in [-0.39, 0.29) is 12.1 Å². The van der Waals surface area contributed by atoms with Gasteiger partial charge in [0.25, 0.3) is 0 Å². The Morgan fingerprint density at radius 2 is 2.00 bits per heavy atom. The molecule has 1 aliphatic rings. The molecule has 1 aromatic rings. The van der Waals surface area contributed by atoms with Crippen LogP contribution >= 0.6 is 0 Å². The number of methoxy groups -OCH3 is 2. The Bertz CT molecular complexity index is 380. The molecule has 1 saturated heterocycles. The van der Waals surface area contributed by atoms with Crippen molar-refractivity contribution in [3.05, 3.63) is 29.8 Å². The van der Waals surface area contributed by atoms with Crippen LogP contribution in [0.4, 0.5) is 0 Å². The summed E-state index contributed by atoms with van der Waals surface area (Å²) in [5.41, 5.74) is 7.60. The van der Waals surface area contributed by atoms with Gasteiger partial charge in [-0.2, -0.15) is 0 Å². The Labute approximate surface area is 115 Å². The Kier molecular flexibility index (Phi) is 5.19. The van der Waals surface area contributed by atoms with Crippen LogP contribution in [0.5, 0.6) is 5.75 Å². The Hall–Kier alpha value is -1.10. The van der Waals surface area contributed by atoms with Gasteiger partial charge < -0.3 is 15.2 Å². The number of ether oxygens (including phenoxy) is 2. The second-order valence-electron chi connectivity index (χ2n) is 5.05. The van der Waals surface area contributed by atoms with Gasteiger partial charge in [0.15, 0.2) is 0 Å². The Morgan fingerprint density at radius 3 is 2.63 bits per heavy atom. The number of piperidine rings is 1. The fourth-order valence-corrected chi connectivity index (χ4v) is 2.82. The summed E-state index contributed by atoms with van der Waals surface area (Å²) < 4.78 is 10.4. The van der Waals surface area contributed by atoms with Gasteiger partial charge in [-0.05, 0) is 37.1 Å². The van der Waals surface area contributed by atoms with Gasteiger partial charge in [-0.25, -0.2) is 0 Å². The summed E-state index contributed by atoms with van der Waals surface area (Å²) >= 11 is 0. The van der Waals surface area contributed by atoms with E-state index in [0.29, 0.717) is 0 Å². The zero-order valence-electron chi connectivity index (χ0n) is 11.8. The molecule has 0 aromatic heterocycles. The van der Waals surface area contributed by atoms with Gasteiger partial charge in [-0.3, -0.25) is 4.90 Å². The number of rotatable bonds is 5. The van der Waals surface area contributed by atoms with E-state index in [0.717, 1.165) is 38.3 Å². The molecule has 106 valence electrons. The third kappa shape index (κ3) is 3.47. The van der Waals surface area contributed by atoms with Crippen molar-refractivity contribution in [3.63, 3.8) is 0 Å². The first-order chi connectivity index (χ1) is 9.26. The number of hydrogen-bond donors (Lipinski definition) is 1. The summed E-state index contributed by atoms with van der Waals surface area (Å²) in [6.45, 7) is 2.77. The van der Waals surface area contributed by atoms with Crippen LogP contribution in [0, 0.1) is 0 Å². The quantitative estimate of drug-likeness (QED) is 0.881. The monoisotopic (exact) mass is 264 g/mol. The van der Waals surface area contributed by atoms with Crippen molar-refractivity contribution in [2.75, 3.05) is 33.9 Å². The van der Waals surface area contributed by atoms with Gasteiger partial charge in [-0.1, -0.05) is 12.1 Å². The van der Waals surface area contributed by atoms with Gasteiger partial charge in [0.05, 0.1) is 13.7 Å². The average molecular weight is 264 g/mol. The summed E-state index contributed by atoms with van der Waals surface area (Å²) in [5, 5.41) is 0. The summed E-state index contributed by atoms with van der Waals surface area (Å²) in [6, 6.07) is 8.73. The molecule has 2 rings (SSSR count). The van der Waals surface area contributed by atoms with Crippen LogP contribution in [-0.2, 0) is 4.74 Å². The second kappa shape index (κ2) is 6.89. The van der Waals surface area contributed by atoms with Gasteiger partial charge in [0.1, 0.15) is 5.75 Å². The second-order valence-corrected chi connectivity index (χ2v) is 5.05. The zero-order valence-corrected chi connectivity index (χ0v) is 11.8. The third-order valence-corrected chi connectivity index (χ3v) is 3.82. The van der Waals surface area contributed by atoms with Crippen LogP contribution in [0.1, 0.15) is 24.4 Å². The fraction of sp³-hybridized carbons (Fsp3) is 0.600. The highest BCUT2D eigenvalue weighted by atomic mass is 16.5. The third-order valence-electron chi connectivity index (χ3n) is 3.82. The van der Waals surface area contributed by atoms with Crippen LogP contribution in [0.25, 0.3) is 0 Å². The molecular weight excluding hydrogens is 240 g/mol. The Morgan fingerprint density at radius 1 is 1.26 bits per heavy atom. The van der Waals surface area contributed by atoms with E-state index in [1.54, 1.807) is 14.2 Å². The summed E-state index contributed by atoms with van der Waals surface area (Å²) in [7, 11) is 3.43. The summed E-state index contributed by atoms with van der Waals surface area (Å²) in [5.74, 6) is 0.886. The van der Waals surface area contributed by atoms with Crippen molar-refractivity contribution in [1.82, 2.24) is 4.90 Å². The molecule has 2 N–H and O–H groups in total. The van der Waals surface area contributed by atoms with Crippen LogP contribution in [-0.4, -0.2) is 44.9 Å². The predicted octanol–water partition coefficient (Wildman–Crippen LogP) is 1.81. The normalized spacial score (nSPS) is 24.4. The molecule has 1 aliphatic heterocycles. The molecule has 4 heteroatoms. The molecule has 2 unspecified atom stereocenters. The van der Waals surface area contributed by atoms with E-state index in [4.69, 9.17) is 15.2 Å². The first-order valence-electron chi connectivity index (χ1n) is 6.88. The van der Waals surface area contributed by atoms with Gasteiger partial charge in [-0.15, -0.1) is 0 Å². The topological polar surface area (TPSA) is 47.7 Å². The van der Waals surface area contributed by atoms with Crippen LogP contribution in [0.3, 0.4) is 0 Å². The molecule has 0 aliphatic carbocycles. The fourth-order valence-electron chi connectivity index (χ4n) is 2.82. The molecule has 1 fully saturated rings. The van der Waals surface area contributed by atoms with Crippen molar-refractivity contribution >= 4 is 0 Å². The largest absolute Gasteiger partial charge is 0.497 e. The van der Waals surface area contributed by atoms with E-state index in [2.05, 4.69) is 17.0 Å². The van der Waals surface area contributed by atoms with Gasteiger partial charge in [0.2, 0.25) is 0 Å². The SMILES string of the molecule is COCCN1CCCC(N)C1c1ccc(OC)cc1. The molecule has 1 aromatic carbocycles. The van der Waals surface area contributed by atoms with Crippen LogP contribution in [0.2, 0.25) is 0 Å². The average Bonchev–Trinajstić information content (AvgIpc) is 2.45. The number of hydrogen-bond acceptors (Lipinski definition) is 4. The van der Waals surface area contributed by atoms with Crippen molar-refractivity contribution < 1.29 is 9.47 Å². The standard InChI is InChI=1S/C15H24N2O2/c1-18-11-10-17-9-3-4-14(16)15(17)12-5-7-13(19-2)8-6-12/h5-8,14-15H,3-4,9-11,16H2,1-2H3. The molecular formula is C15H24N2O2. The van der Waals surface area contributed by atoms with Crippen molar-refractivity contribution in [2.24, 2.45) is 5.73 Å². The number of nitrogens with zero attached hydrogens (tertiary/aromatic N) is 1. The molecule has 19 heavy (non-hydrogen) atoms. The van der Waals surface area contributed by atoms with Crippen molar-refractivity contribution in [1.29, 1.82) is 0 Å². The molecule has 0 bridgehead atoms. The first kappa shape index (κ1) is 14.3. The maximum atomic E-state index is 6.33. The minimum atomic E-state index is 0.194. The highest BCUT2D eigenvalue weighted by molar-refractivity contribution is 5.30. The molecule has 2 atom stereocenters. The summed E-state index contributed by atoms with van der Waals surface area (Å²) in [4.78, 5) is 2.43. The van der Waals surface area contributed by atoms with Gasteiger partial charge >= 0.3 is 0 Å². The lowest BCUT2D eigenvalue weighted by molar-refractivity contribution is 0.0848. The molecule has 0 amide bonds. The van der Waals surface area contributed by atoms with Crippen molar-refractivity contribution in [2.45, 2.75) is 24.9 Å². The maximum absolute atomic E-state index is 6.33. The van der Waals surface area contributed by atoms with E-state index < -0.39 is 0 Å². The highest BCUT2D eigenvalue weighted by Gasteiger charge is 2.29. The molecule has 0 radical (unpaired) electrons. The Balaban J connectivity index is 2.15. The summed E-state index contributed by atoms with van der Waals surface area (Å²) in [6.07, 6.45) is 2.25. The lowest BCUT2D eigenvalue weighted by atomic mass is 9.91. The number of nitrogens with two attached hydrogens (primary N) is 1. The lowest BCUT2D eigenvalue weighted by Gasteiger charge is -2.40. The predicted molar refractivity (Wildman–Crippen MR) is 76.4 cm³/mol. The molecule has 1 heterocycles. The minimum Gasteiger partial charge on any atom is -0.497 e. The lowest BCUT2D eigenvalue weighted by Crippen LogP contribution is -2.46. The zero-order chi connectivity index (χ0) is 13.7. The van der Waals surface area contributed by atoms with Crippen LogP contribution < -0.4 is 10.5 Å². The van der Waals surface area contributed by atoms with E-state index in [1.165, 1.54) is 5.56 Å². The van der Waals surface area contributed by atoms with Crippen molar-refractivity contribution in [3.8, 4) is 5.75 Å². The molecule has 0 saturated carbocycles. The number of likely N-dealkylation sites (tertiary alicyclic amines) is 1. The molecule has 4 nitrogen and oxygen atoms in total. The number of benzene rings is 1. The highest BCUT2D eigenvalue weighted by Crippen LogP contribution is 2.30. The smallest absolute Gasteiger partial charge is 0.118 e. The van der Waals surface area contributed by atoms with Gasteiger partial charge in [0, 0.05) is 25.7 Å². The minimum absolute atomic E-state index is 0.194. The van der Waals surface area contributed by atoms with E-state index >= 15 is 0 Å². The van der Waals surface area contributed by atoms with E-state index in [9.17, 15) is 0 Å². The molecule has 0 spiro atoms.